The molecule has 1 atom stereocenters. The van der Waals surface area contributed by atoms with Crippen molar-refractivity contribution in [2.75, 3.05) is 11.9 Å². The van der Waals surface area contributed by atoms with Gasteiger partial charge in [0, 0.05) is 16.2 Å². The molecule has 1 rings (SSSR count). The average Bonchev–Trinajstić information content (AvgIpc) is 2.39. The molecule has 2 nitrogen and oxygen atoms in total. The molecule has 0 aliphatic carbocycles. The molecule has 1 aromatic rings. The van der Waals surface area contributed by atoms with Gasteiger partial charge in [-0.3, -0.25) is 0 Å². The van der Waals surface area contributed by atoms with Crippen LogP contribution in [0.3, 0.4) is 0 Å². The summed E-state index contributed by atoms with van der Waals surface area (Å²) in [6, 6.07) is 8.26. The van der Waals surface area contributed by atoms with Crippen molar-refractivity contribution in [3.8, 4) is 0 Å². The fraction of sp³-hybridized carbons (Fsp3) is 0.600. The largest absolute Gasteiger partial charge is 0.394 e. The molecule has 0 spiro atoms. The maximum atomic E-state index is 9.37. The van der Waals surface area contributed by atoms with E-state index in [0.717, 1.165) is 16.6 Å². The van der Waals surface area contributed by atoms with Crippen molar-refractivity contribution in [1.82, 2.24) is 0 Å². The molecule has 0 bridgehead atoms. The van der Waals surface area contributed by atoms with E-state index in [1.54, 1.807) is 0 Å². The van der Waals surface area contributed by atoms with E-state index < -0.39 is 0 Å². The zero-order valence-electron chi connectivity index (χ0n) is 11.2. The Hall–Kier alpha value is -0.540. The lowest BCUT2D eigenvalue weighted by molar-refractivity contribution is 0.266. The van der Waals surface area contributed by atoms with Crippen LogP contribution in [-0.4, -0.2) is 17.8 Å². The van der Waals surface area contributed by atoms with Gasteiger partial charge in [0.05, 0.1) is 6.61 Å². The summed E-state index contributed by atoms with van der Waals surface area (Å²) >= 11 is 3.42. The molecular formula is C15H24BrNO. The minimum absolute atomic E-state index is 0.174. The van der Waals surface area contributed by atoms with Gasteiger partial charge in [0.2, 0.25) is 0 Å². The van der Waals surface area contributed by atoms with Gasteiger partial charge in [-0.2, -0.15) is 0 Å². The van der Waals surface area contributed by atoms with Crippen LogP contribution in [-0.2, 0) is 0 Å². The maximum Gasteiger partial charge on any atom is 0.0632 e. The molecule has 0 aromatic heterocycles. The number of unbranched alkanes of at least 4 members (excludes halogenated alkanes) is 4. The predicted octanol–water partition coefficient (Wildman–Crippen LogP) is 4.58. The molecule has 1 unspecified atom stereocenters. The SMILES string of the molecule is CCCCCCCC(CO)Nc1ccc(Br)cc1. The molecule has 3 heteroatoms. The van der Waals surface area contributed by atoms with E-state index in [-0.39, 0.29) is 12.6 Å². The van der Waals surface area contributed by atoms with Crippen molar-refractivity contribution in [3.05, 3.63) is 28.7 Å². The Morgan fingerprint density at radius 3 is 2.39 bits per heavy atom. The lowest BCUT2D eigenvalue weighted by Gasteiger charge is -2.17. The van der Waals surface area contributed by atoms with Gasteiger partial charge in [-0.05, 0) is 30.7 Å². The first-order valence-electron chi connectivity index (χ1n) is 6.89. The topological polar surface area (TPSA) is 32.3 Å². The molecule has 0 aliphatic heterocycles. The Kier molecular flexibility index (Phi) is 8.10. The number of halogens is 1. The summed E-state index contributed by atoms with van der Waals surface area (Å²) in [5.41, 5.74) is 1.07. The van der Waals surface area contributed by atoms with Crippen LogP contribution in [0, 0.1) is 0 Å². The van der Waals surface area contributed by atoms with Crippen LogP contribution >= 0.6 is 15.9 Å². The van der Waals surface area contributed by atoms with Gasteiger partial charge in [0.25, 0.3) is 0 Å². The van der Waals surface area contributed by atoms with E-state index in [0.29, 0.717) is 0 Å². The zero-order chi connectivity index (χ0) is 13.2. The molecule has 0 saturated carbocycles. The van der Waals surface area contributed by atoms with Crippen molar-refractivity contribution in [2.45, 2.75) is 51.5 Å². The van der Waals surface area contributed by atoms with Crippen LogP contribution in [0.4, 0.5) is 5.69 Å². The van der Waals surface area contributed by atoms with E-state index in [1.807, 2.05) is 24.3 Å². The van der Waals surface area contributed by atoms with Crippen molar-refractivity contribution in [3.63, 3.8) is 0 Å². The molecule has 0 heterocycles. The number of aliphatic hydroxyl groups excluding tert-OH is 1. The minimum atomic E-state index is 0.174. The predicted molar refractivity (Wildman–Crippen MR) is 82.0 cm³/mol. The number of benzene rings is 1. The van der Waals surface area contributed by atoms with Crippen LogP contribution in [0.15, 0.2) is 28.7 Å². The summed E-state index contributed by atoms with van der Waals surface area (Å²) in [6.07, 6.45) is 7.41. The van der Waals surface area contributed by atoms with Gasteiger partial charge in [0.15, 0.2) is 0 Å². The molecular weight excluding hydrogens is 290 g/mol. The van der Waals surface area contributed by atoms with Gasteiger partial charge in [0.1, 0.15) is 0 Å². The Morgan fingerprint density at radius 1 is 1.11 bits per heavy atom. The van der Waals surface area contributed by atoms with Gasteiger partial charge >= 0.3 is 0 Å². The number of nitrogens with one attached hydrogen (secondary N) is 1. The number of hydrogen-bond donors (Lipinski definition) is 2. The smallest absolute Gasteiger partial charge is 0.0632 e. The fourth-order valence-electron chi connectivity index (χ4n) is 1.99. The lowest BCUT2D eigenvalue weighted by atomic mass is 10.1. The third kappa shape index (κ3) is 6.41. The highest BCUT2D eigenvalue weighted by molar-refractivity contribution is 9.10. The van der Waals surface area contributed by atoms with Crippen LogP contribution in [0.25, 0.3) is 0 Å². The van der Waals surface area contributed by atoms with Crippen molar-refractivity contribution in [1.29, 1.82) is 0 Å². The highest BCUT2D eigenvalue weighted by Gasteiger charge is 2.06. The normalized spacial score (nSPS) is 12.4. The van der Waals surface area contributed by atoms with Gasteiger partial charge in [-0.15, -0.1) is 0 Å². The third-order valence-electron chi connectivity index (χ3n) is 3.09. The third-order valence-corrected chi connectivity index (χ3v) is 3.62. The quantitative estimate of drug-likeness (QED) is 0.654. The van der Waals surface area contributed by atoms with Crippen LogP contribution in [0.1, 0.15) is 45.4 Å². The second kappa shape index (κ2) is 9.40. The van der Waals surface area contributed by atoms with E-state index in [1.165, 1.54) is 32.1 Å². The minimum Gasteiger partial charge on any atom is -0.394 e. The maximum absolute atomic E-state index is 9.37. The Bertz CT molecular complexity index is 313. The average molecular weight is 314 g/mol. The molecule has 0 radical (unpaired) electrons. The monoisotopic (exact) mass is 313 g/mol. The van der Waals surface area contributed by atoms with Crippen molar-refractivity contribution >= 4 is 21.6 Å². The zero-order valence-corrected chi connectivity index (χ0v) is 12.7. The second-order valence-corrected chi connectivity index (χ2v) is 5.65. The summed E-state index contributed by atoms with van der Waals surface area (Å²) in [5.74, 6) is 0. The Balaban J connectivity index is 2.26. The lowest BCUT2D eigenvalue weighted by Crippen LogP contribution is -2.23. The van der Waals surface area contributed by atoms with Crippen molar-refractivity contribution < 1.29 is 5.11 Å². The molecule has 0 saturated heterocycles. The second-order valence-electron chi connectivity index (χ2n) is 4.73. The fourth-order valence-corrected chi connectivity index (χ4v) is 2.25. The van der Waals surface area contributed by atoms with Gasteiger partial charge < -0.3 is 10.4 Å². The molecule has 0 aliphatic rings. The van der Waals surface area contributed by atoms with Crippen molar-refractivity contribution in [2.24, 2.45) is 0 Å². The number of hydrogen-bond acceptors (Lipinski definition) is 2. The Labute approximate surface area is 119 Å². The highest BCUT2D eigenvalue weighted by atomic mass is 79.9. The summed E-state index contributed by atoms with van der Waals surface area (Å²) in [4.78, 5) is 0. The number of rotatable bonds is 9. The van der Waals surface area contributed by atoms with E-state index >= 15 is 0 Å². The Morgan fingerprint density at radius 2 is 1.78 bits per heavy atom. The summed E-state index contributed by atoms with van der Waals surface area (Å²) in [5, 5.41) is 12.7. The molecule has 18 heavy (non-hydrogen) atoms. The van der Waals surface area contributed by atoms with Crippen LogP contribution in [0.2, 0.25) is 0 Å². The molecule has 0 amide bonds. The molecule has 2 N–H and O–H groups in total. The summed E-state index contributed by atoms with van der Waals surface area (Å²) < 4.78 is 1.08. The number of anilines is 1. The van der Waals surface area contributed by atoms with Gasteiger partial charge in [-0.25, -0.2) is 0 Å². The van der Waals surface area contributed by atoms with E-state index in [9.17, 15) is 5.11 Å². The van der Waals surface area contributed by atoms with Crippen LogP contribution in [0.5, 0.6) is 0 Å². The number of aliphatic hydroxyl groups is 1. The standard InChI is InChI=1S/C15H24BrNO/c1-2-3-4-5-6-7-15(12-18)17-14-10-8-13(16)9-11-14/h8-11,15,17-18H,2-7,12H2,1H3. The molecule has 1 aromatic carbocycles. The van der Waals surface area contributed by atoms with Crippen LogP contribution < -0.4 is 5.32 Å². The first-order valence-corrected chi connectivity index (χ1v) is 7.68. The van der Waals surface area contributed by atoms with Gasteiger partial charge in [-0.1, -0.05) is 55.0 Å². The first-order chi connectivity index (χ1) is 8.76. The highest BCUT2D eigenvalue weighted by Crippen LogP contribution is 2.16. The molecule has 102 valence electrons. The van der Waals surface area contributed by atoms with E-state index in [2.05, 4.69) is 28.2 Å². The molecule has 0 fully saturated rings. The van der Waals surface area contributed by atoms with E-state index in [4.69, 9.17) is 0 Å². The summed E-state index contributed by atoms with van der Waals surface area (Å²) in [7, 11) is 0. The summed E-state index contributed by atoms with van der Waals surface area (Å²) in [6.45, 7) is 2.43. The first kappa shape index (κ1) is 15.5.